The molecule has 0 saturated heterocycles. The molecule has 2 aromatic rings. The molecule has 0 aliphatic heterocycles. The van der Waals surface area contributed by atoms with Crippen LogP contribution < -0.4 is 14.8 Å². The highest BCUT2D eigenvalue weighted by atomic mass is 16.5. The first-order valence-electron chi connectivity index (χ1n) is 8.26. The Hall–Kier alpha value is -2.49. The third kappa shape index (κ3) is 5.61. The molecular weight excluding hydrogens is 302 g/mol. The van der Waals surface area contributed by atoms with Gasteiger partial charge in [0.2, 0.25) is 0 Å². The molecule has 0 aliphatic rings. The summed E-state index contributed by atoms with van der Waals surface area (Å²) in [4.78, 5) is 12.0. The highest BCUT2D eigenvalue weighted by Crippen LogP contribution is 2.15. The quantitative estimate of drug-likeness (QED) is 0.749. The van der Waals surface area contributed by atoms with Gasteiger partial charge in [-0.2, -0.15) is 0 Å². The number of hydrogen-bond donors (Lipinski definition) is 1. The van der Waals surface area contributed by atoms with Gasteiger partial charge in [-0.1, -0.05) is 12.1 Å². The standard InChI is InChI=1S/C20H25NO3/c1-15(2)24-19-10-6-16(7-11-19)5-4-14-21-20(22)17-8-12-18(23-3)13-9-17/h6-13,15H,4-5,14H2,1-3H3,(H,21,22). The smallest absolute Gasteiger partial charge is 0.251 e. The van der Waals surface area contributed by atoms with Crippen LogP contribution in [0, 0.1) is 0 Å². The second-order valence-corrected chi connectivity index (χ2v) is 5.90. The SMILES string of the molecule is COc1ccc(C(=O)NCCCc2ccc(OC(C)C)cc2)cc1. The number of benzene rings is 2. The summed E-state index contributed by atoms with van der Waals surface area (Å²) in [5.74, 6) is 1.58. The molecule has 0 fully saturated rings. The molecule has 2 rings (SSSR count). The molecule has 1 amide bonds. The molecule has 0 aromatic heterocycles. The van der Waals surface area contributed by atoms with Crippen molar-refractivity contribution in [3.05, 3.63) is 59.7 Å². The first kappa shape index (κ1) is 17.9. The van der Waals surface area contributed by atoms with E-state index in [1.807, 2.05) is 26.0 Å². The lowest BCUT2D eigenvalue weighted by Crippen LogP contribution is -2.24. The molecule has 2 aromatic carbocycles. The number of carbonyl (C=O) groups excluding carboxylic acids is 1. The van der Waals surface area contributed by atoms with Crippen molar-refractivity contribution in [1.29, 1.82) is 0 Å². The average molecular weight is 327 g/mol. The van der Waals surface area contributed by atoms with Crippen LogP contribution in [0.2, 0.25) is 0 Å². The number of aryl methyl sites for hydroxylation is 1. The van der Waals surface area contributed by atoms with Crippen molar-refractivity contribution in [2.45, 2.75) is 32.8 Å². The predicted molar refractivity (Wildman–Crippen MR) is 95.9 cm³/mol. The van der Waals surface area contributed by atoms with E-state index in [9.17, 15) is 4.79 Å². The topological polar surface area (TPSA) is 47.6 Å². The van der Waals surface area contributed by atoms with E-state index in [0.717, 1.165) is 24.3 Å². The minimum atomic E-state index is -0.0571. The Morgan fingerprint density at radius 3 is 2.21 bits per heavy atom. The van der Waals surface area contributed by atoms with Crippen molar-refractivity contribution in [2.24, 2.45) is 0 Å². The summed E-state index contributed by atoms with van der Waals surface area (Å²) < 4.78 is 10.7. The highest BCUT2D eigenvalue weighted by Gasteiger charge is 2.05. The first-order chi connectivity index (χ1) is 11.6. The van der Waals surface area contributed by atoms with E-state index < -0.39 is 0 Å². The van der Waals surface area contributed by atoms with Crippen molar-refractivity contribution >= 4 is 5.91 Å². The molecule has 24 heavy (non-hydrogen) atoms. The maximum atomic E-state index is 12.0. The van der Waals surface area contributed by atoms with Gasteiger partial charge in [-0.3, -0.25) is 4.79 Å². The van der Waals surface area contributed by atoms with Gasteiger partial charge in [-0.15, -0.1) is 0 Å². The summed E-state index contributed by atoms with van der Waals surface area (Å²) in [6.07, 6.45) is 2.00. The Morgan fingerprint density at radius 2 is 1.62 bits per heavy atom. The second kappa shape index (κ2) is 8.96. The van der Waals surface area contributed by atoms with Crippen molar-refractivity contribution in [3.8, 4) is 11.5 Å². The Labute approximate surface area is 143 Å². The molecule has 0 bridgehead atoms. The molecule has 128 valence electrons. The fourth-order valence-electron chi connectivity index (χ4n) is 2.35. The van der Waals surface area contributed by atoms with Crippen LogP contribution in [0.15, 0.2) is 48.5 Å². The Kier molecular flexibility index (Phi) is 6.67. The van der Waals surface area contributed by atoms with Crippen molar-refractivity contribution in [3.63, 3.8) is 0 Å². The largest absolute Gasteiger partial charge is 0.497 e. The van der Waals surface area contributed by atoms with E-state index >= 15 is 0 Å². The summed E-state index contributed by atoms with van der Waals surface area (Å²) in [7, 11) is 1.61. The van der Waals surface area contributed by atoms with Gasteiger partial charge in [0.15, 0.2) is 0 Å². The Balaban J connectivity index is 1.72. The third-order valence-electron chi connectivity index (χ3n) is 3.58. The average Bonchev–Trinajstić information content (AvgIpc) is 2.59. The highest BCUT2D eigenvalue weighted by molar-refractivity contribution is 5.94. The lowest BCUT2D eigenvalue weighted by atomic mass is 10.1. The molecule has 0 unspecified atom stereocenters. The third-order valence-corrected chi connectivity index (χ3v) is 3.58. The predicted octanol–water partition coefficient (Wildman–Crippen LogP) is 3.85. The fraction of sp³-hybridized carbons (Fsp3) is 0.350. The summed E-state index contributed by atoms with van der Waals surface area (Å²) in [6, 6.07) is 15.2. The van der Waals surface area contributed by atoms with Gasteiger partial charge >= 0.3 is 0 Å². The van der Waals surface area contributed by atoms with Gasteiger partial charge < -0.3 is 14.8 Å². The summed E-state index contributed by atoms with van der Waals surface area (Å²) in [5.41, 5.74) is 1.88. The van der Waals surface area contributed by atoms with E-state index in [-0.39, 0.29) is 12.0 Å². The number of hydrogen-bond acceptors (Lipinski definition) is 3. The van der Waals surface area contributed by atoms with Crippen LogP contribution in [0.3, 0.4) is 0 Å². The van der Waals surface area contributed by atoms with Crippen LogP contribution in [0.4, 0.5) is 0 Å². The normalized spacial score (nSPS) is 10.5. The number of methoxy groups -OCH3 is 1. The molecule has 4 heteroatoms. The molecule has 0 spiro atoms. The van der Waals surface area contributed by atoms with Crippen LogP contribution >= 0.6 is 0 Å². The molecule has 0 aliphatic carbocycles. The van der Waals surface area contributed by atoms with E-state index in [1.54, 1.807) is 31.4 Å². The maximum Gasteiger partial charge on any atom is 0.251 e. The number of ether oxygens (including phenoxy) is 2. The fourth-order valence-corrected chi connectivity index (χ4v) is 2.35. The van der Waals surface area contributed by atoms with Gasteiger partial charge in [0, 0.05) is 12.1 Å². The van der Waals surface area contributed by atoms with Crippen molar-refractivity contribution in [2.75, 3.05) is 13.7 Å². The van der Waals surface area contributed by atoms with E-state index in [4.69, 9.17) is 9.47 Å². The zero-order valence-corrected chi connectivity index (χ0v) is 14.5. The number of rotatable bonds is 8. The van der Waals surface area contributed by atoms with Gasteiger partial charge in [-0.05, 0) is 68.7 Å². The van der Waals surface area contributed by atoms with Crippen LogP contribution in [-0.4, -0.2) is 25.7 Å². The van der Waals surface area contributed by atoms with E-state index in [0.29, 0.717) is 12.1 Å². The van der Waals surface area contributed by atoms with Crippen LogP contribution in [0.1, 0.15) is 36.2 Å². The first-order valence-corrected chi connectivity index (χ1v) is 8.26. The van der Waals surface area contributed by atoms with Crippen LogP contribution in [-0.2, 0) is 6.42 Å². The number of nitrogens with one attached hydrogen (secondary N) is 1. The van der Waals surface area contributed by atoms with E-state index in [1.165, 1.54) is 5.56 Å². The van der Waals surface area contributed by atoms with Crippen LogP contribution in [0.5, 0.6) is 11.5 Å². The van der Waals surface area contributed by atoms with Gasteiger partial charge in [0.25, 0.3) is 5.91 Å². The minimum absolute atomic E-state index is 0.0571. The van der Waals surface area contributed by atoms with Gasteiger partial charge in [0.05, 0.1) is 13.2 Å². The monoisotopic (exact) mass is 327 g/mol. The lowest BCUT2D eigenvalue weighted by Gasteiger charge is -2.10. The number of carbonyl (C=O) groups is 1. The molecular formula is C20H25NO3. The summed E-state index contributed by atoms with van der Waals surface area (Å²) in [5, 5.41) is 2.94. The summed E-state index contributed by atoms with van der Waals surface area (Å²) >= 11 is 0. The second-order valence-electron chi connectivity index (χ2n) is 5.90. The zero-order valence-electron chi connectivity index (χ0n) is 14.5. The molecule has 0 heterocycles. The molecule has 0 radical (unpaired) electrons. The van der Waals surface area contributed by atoms with Crippen molar-refractivity contribution < 1.29 is 14.3 Å². The van der Waals surface area contributed by atoms with Gasteiger partial charge in [-0.25, -0.2) is 0 Å². The molecule has 0 atom stereocenters. The molecule has 1 N–H and O–H groups in total. The zero-order chi connectivity index (χ0) is 17.4. The van der Waals surface area contributed by atoms with E-state index in [2.05, 4.69) is 17.4 Å². The lowest BCUT2D eigenvalue weighted by molar-refractivity contribution is 0.0953. The molecule has 4 nitrogen and oxygen atoms in total. The number of amides is 1. The Morgan fingerprint density at radius 1 is 1.00 bits per heavy atom. The van der Waals surface area contributed by atoms with Crippen molar-refractivity contribution in [1.82, 2.24) is 5.32 Å². The molecule has 0 saturated carbocycles. The van der Waals surface area contributed by atoms with Crippen LogP contribution in [0.25, 0.3) is 0 Å². The van der Waals surface area contributed by atoms with Gasteiger partial charge in [0.1, 0.15) is 11.5 Å². The summed E-state index contributed by atoms with van der Waals surface area (Å²) in [6.45, 7) is 4.67. The maximum absolute atomic E-state index is 12.0. The minimum Gasteiger partial charge on any atom is -0.497 e. The Bertz CT molecular complexity index is 633.